The third-order valence-electron chi connectivity index (χ3n) is 3.97. The highest BCUT2D eigenvalue weighted by atomic mass is 16.5. The molecular weight excluding hydrogens is 202 g/mol. The van der Waals surface area contributed by atoms with Gasteiger partial charge in [-0.15, -0.1) is 0 Å². The van der Waals surface area contributed by atoms with E-state index in [1.807, 2.05) is 0 Å². The number of ether oxygens (including phenoxy) is 1. The lowest BCUT2D eigenvalue weighted by Crippen LogP contribution is -2.48. The van der Waals surface area contributed by atoms with Gasteiger partial charge < -0.3 is 15.2 Å². The summed E-state index contributed by atoms with van der Waals surface area (Å²) >= 11 is 0. The molecule has 2 fully saturated rings. The molecule has 1 saturated carbocycles. The Morgan fingerprint density at radius 1 is 1.19 bits per heavy atom. The minimum Gasteiger partial charge on any atom is -0.395 e. The fourth-order valence-corrected chi connectivity index (χ4v) is 2.98. The molecule has 0 spiro atoms. The highest BCUT2D eigenvalue weighted by Gasteiger charge is 2.30. The predicted molar refractivity (Wildman–Crippen MR) is 64.5 cm³/mol. The molecule has 0 amide bonds. The van der Waals surface area contributed by atoms with Gasteiger partial charge in [-0.05, 0) is 32.6 Å². The zero-order valence-electron chi connectivity index (χ0n) is 10.3. The van der Waals surface area contributed by atoms with Crippen LogP contribution in [-0.4, -0.2) is 36.0 Å². The number of rotatable bonds is 4. The molecule has 16 heavy (non-hydrogen) atoms. The first-order valence-corrected chi connectivity index (χ1v) is 6.82. The fourth-order valence-electron chi connectivity index (χ4n) is 2.98. The molecule has 1 aliphatic carbocycles. The lowest BCUT2D eigenvalue weighted by atomic mass is 9.94. The average molecular weight is 227 g/mol. The maximum absolute atomic E-state index is 9.46. The van der Waals surface area contributed by atoms with Gasteiger partial charge in [-0.3, -0.25) is 0 Å². The van der Waals surface area contributed by atoms with Crippen LogP contribution >= 0.6 is 0 Å². The van der Waals surface area contributed by atoms with E-state index in [2.05, 4.69) is 12.2 Å². The van der Waals surface area contributed by atoms with Crippen LogP contribution in [0, 0.1) is 0 Å². The number of hydrogen-bond acceptors (Lipinski definition) is 3. The monoisotopic (exact) mass is 227 g/mol. The highest BCUT2D eigenvalue weighted by molar-refractivity contribution is 4.86. The Kier molecular flexibility index (Phi) is 4.62. The van der Waals surface area contributed by atoms with Crippen LogP contribution in [0.15, 0.2) is 0 Å². The summed E-state index contributed by atoms with van der Waals surface area (Å²) in [6.07, 6.45) is 9.38. The Hall–Kier alpha value is -0.120. The maximum atomic E-state index is 9.46. The quantitative estimate of drug-likeness (QED) is 0.770. The van der Waals surface area contributed by atoms with E-state index in [1.165, 1.54) is 32.1 Å². The van der Waals surface area contributed by atoms with Gasteiger partial charge in [0.2, 0.25) is 0 Å². The molecule has 1 heterocycles. The zero-order chi connectivity index (χ0) is 11.4. The van der Waals surface area contributed by atoms with Crippen molar-refractivity contribution in [3.8, 4) is 0 Å². The molecule has 2 aliphatic rings. The second-order valence-electron chi connectivity index (χ2n) is 5.35. The summed E-state index contributed by atoms with van der Waals surface area (Å²) in [6.45, 7) is 2.32. The largest absolute Gasteiger partial charge is 0.395 e. The number of nitrogens with one attached hydrogen (secondary N) is 1. The molecule has 3 nitrogen and oxygen atoms in total. The van der Waals surface area contributed by atoms with Gasteiger partial charge in [0.05, 0.1) is 24.9 Å². The molecule has 0 bridgehead atoms. The minimum atomic E-state index is 0.146. The van der Waals surface area contributed by atoms with Crippen LogP contribution < -0.4 is 5.32 Å². The molecule has 1 saturated heterocycles. The van der Waals surface area contributed by atoms with Gasteiger partial charge in [-0.25, -0.2) is 0 Å². The summed E-state index contributed by atoms with van der Waals surface area (Å²) in [7, 11) is 0. The van der Waals surface area contributed by atoms with Gasteiger partial charge in [0.15, 0.2) is 0 Å². The van der Waals surface area contributed by atoms with Crippen molar-refractivity contribution < 1.29 is 9.84 Å². The number of hydrogen-bond donors (Lipinski definition) is 2. The van der Waals surface area contributed by atoms with E-state index in [1.54, 1.807) is 0 Å². The average Bonchev–Trinajstić information content (AvgIpc) is 2.74. The summed E-state index contributed by atoms with van der Waals surface area (Å²) < 4.78 is 5.83. The minimum absolute atomic E-state index is 0.146. The van der Waals surface area contributed by atoms with Gasteiger partial charge in [-0.2, -0.15) is 0 Å². The summed E-state index contributed by atoms with van der Waals surface area (Å²) in [5, 5.41) is 13.1. The predicted octanol–water partition coefficient (Wildman–Crippen LogP) is 1.84. The van der Waals surface area contributed by atoms with Crippen molar-refractivity contribution in [2.24, 2.45) is 0 Å². The van der Waals surface area contributed by atoms with Crippen LogP contribution in [0.4, 0.5) is 0 Å². The molecule has 0 aromatic carbocycles. The Labute approximate surface area is 98.6 Å². The third-order valence-corrected chi connectivity index (χ3v) is 3.97. The standard InChI is InChI=1S/C13H25NO2/c1-10-7-8-13(16-10)12(9-15)14-11-5-3-2-4-6-11/h10-15H,2-9H2,1H3. The summed E-state index contributed by atoms with van der Waals surface area (Å²) in [5.41, 5.74) is 0. The Balaban J connectivity index is 1.80. The summed E-state index contributed by atoms with van der Waals surface area (Å²) in [5.74, 6) is 0. The second kappa shape index (κ2) is 5.99. The molecule has 0 radical (unpaired) electrons. The molecular formula is C13H25NO2. The van der Waals surface area contributed by atoms with Crippen molar-refractivity contribution in [2.75, 3.05) is 6.61 Å². The van der Waals surface area contributed by atoms with Gasteiger partial charge in [0.25, 0.3) is 0 Å². The normalized spacial score (nSPS) is 34.1. The highest BCUT2D eigenvalue weighted by Crippen LogP contribution is 2.24. The van der Waals surface area contributed by atoms with Crippen molar-refractivity contribution in [3.05, 3.63) is 0 Å². The van der Waals surface area contributed by atoms with Crippen LogP contribution in [0.5, 0.6) is 0 Å². The van der Waals surface area contributed by atoms with Crippen molar-refractivity contribution in [1.29, 1.82) is 0 Å². The van der Waals surface area contributed by atoms with E-state index in [-0.39, 0.29) is 18.8 Å². The maximum Gasteiger partial charge on any atom is 0.0755 e. The lowest BCUT2D eigenvalue weighted by molar-refractivity contribution is 0.0128. The second-order valence-corrected chi connectivity index (χ2v) is 5.35. The van der Waals surface area contributed by atoms with Gasteiger partial charge >= 0.3 is 0 Å². The van der Waals surface area contributed by atoms with Crippen molar-refractivity contribution in [2.45, 2.75) is 76.2 Å². The van der Waals surface area contributed by atoms with E-state index in [4.69, 9.17) is 4.74 Å². The topological polar surface area (TPSA) is 41.5 Å². The van der Waals surface area contributed by atoms with Gasteiger partial charge in [0.1, 0.15) is 0 Å². The molecule has 2 N–H and O–H groups in total. The first-order chi connectivity index (χ1) is 7.79. The molecule has 3 unspecified atom stereocenters. The lowest BCUT2D eigenvalue weighted by Gasteiger charge is -2.30. The van der Waals surface area contributed by atoms with E-state index in [0.717, 1.165) is 12.8 Å². The first-order valence-electron chi connectivity index (χ1n) is 6.82. The molecule has 1 aliphatic heterocycles. The van der Waals surface area contributed by atoms with Crippen molar-refractivity contribution in [3.63, 3.8) is 0 Å². The van der Waals surface area contributed by atoms with E-state index >= 15 is 0 Å². The van der Waals surface area contributed by atoms with Gasteiger partial charge in [0, 0.05) is 6.04 Å². The molecule has 0 aromatic heterocycles. The molecule has 0 aromatic rings. The van der Waals surface area contributed by atoms with Crippen LogP contribution in [0.3, 0.4) is 0 Å². The van der Waals surface area contributed by atoms with E-state index < -0.39 is 0 Å². The SMILES string of the molecule is CC1CCC(C(CO)NC2CCCCC2)O1. The molecule has 94 valence electrons. The molecule has 2 rings (SSSR count). The van der Waals surface area contributed by atoms with E-state index in [9.17, 15) is 5.11 Å². The van der Waals surface area contributed by atoms with Crippen LogP contribution in [0.2, 0.25) is 0 Å². The summed E-state index contributed by atoms with van der Waals surface area (Å²) in [4.78, 5) is 0. The Morgan fingerprint density at radius 3 is 2.50 bits per heavy atom. The van der Waals surface area contributed by atoms with Crippen LogP contribution in [0.25, 0.3) is 0 Å². The third kappa shape index (κ3) is 3.19. The zero-order valence-corrected chi connectivity index (χ0v) is 10.3. The van der Waals surface area contributed by atoms with E-state index in [0.29, 0.717) is 12.1 Å². The smallest absolute Gasteiger partial charge is 0.0755 e. The number of aliphatic hydroxyl groups is 1. The first kappa shape index (κ1) is 12.3. The van der Waals surface area contributed by atoms with Crippen LogP contribution in [0.1, 0.15) is 51.9 Å². The Morgan fingerprint density at radius 2 is 1.94 bits per heavy atom. The van der Waals surface area contributed by atoms with Crippen molar-refractivity contribution in [1.82, 2.24) is 5.32 Å². The molecule has 3 heteroatoms. The van der Waals surface area contributed by atoms with Crippen molar-refractivity contribution >= 4 is 0 Å². The molecule has 3 atom stereocenters. The fraction of sp³-hybridized carbons (Fsp3) is 1.00. The summed E-state index contributed by atoms with van der Waals surface area (Å²) in [6, 6.07) is 0.749. The Bertz CT molecular complexity index is 204. The van der Waals surface area contributed by atoms with Gasteiger partial charge in [-0.1, -0.05) is 19.3 Å². The number of aliphatic hydroxyl groups excluding tert-OH is 1. The van der Waals surface area contributed by atoms with Crippen LogP contribution in [-0.2, 0) is 4.74 Å².